The lowest BCUT2D eigenvalue weighted by Crippen LogP contribution is -2.33. The summed E-state index contributed by atoms with van der Waals surface area (Å²) in [6, 6.07) is 5.51. The number of β-amino-alcohol motifs (C(OH)–C–C–N with tert-alkyl or cyclic N) is 1. The van der Waals surface area contributed by atoms with Crippen LogP contribution >= 0.6 is 0 Å². The van der Waals surface area contributed by atoms with E-state index >= 15 is 0 Å². The Labute approximate surface area is 159 Å². The molecule has 2 N–H and O–H groups in total. The van der Waals surface area contributed by atoms with Gasteiger partial charge < -0.3 is 10.1 Å². The van der Waals surface area contributed by atoms with Gasteiger partial charge in [0.25, 0.3) is 0 Å². The third-order valence-electron chi connectivity index (χ3n) is 5.19. The molecule has 2 aromatic rings. The number of aromatic amines is 1. The number of aliphatic hydroxyl groups excluding tert-OH is 1. The minimum Gasteiger partial charge on any atom is -0.391 e. The van der Waals surface area contributed by atoms with E-state index in [0.717, 1.165) is 22.3 Å². The van der Waals surface area contributed by atoms with Crippen molar-refractivity contribution in [3.05, 3.63) is 45.2 Å². The number of pyridine rings is 1. The SMILES string of the molecule is Cc1cc(C)c2[nH]c(CN3C[C@@H](CS(=O)(=O)N(C)C)[C@H](O)C3)cc(=O)c2c1. The molecule has 0 amide bonds. The summed E-state index contributed by atoms with van der Waals surface area (Å²) < 4.78 is 25.4. The van der Waals surface area contributed by atoms with Crippen LogP contribution in [0.3, 0.4) is 0 Å². The molecule has 0 spiro atoms. The fraction of sp³-hybridized carbons (Fsp3) is 0.526. The second kappa shape index (κ2) is 7.35. The molecule has 0 saturated carbocycles. The van der Waals surface area contributed by atoms with Gasteiger partial charge in [-0.05, 0) is 31.0 Å². The lowest BCUT2D eigenvalue weighted by Gasteiger charge is -2.18. The van der Waals surface area contributed by atoms with Crippen molar-refractivity contribution in [2.24, 2.45) is 5.92 Å². The molecule has 1 aromatic carbocycles. The van der Waals surface area contributed by atoms with E-state index in [9.17, 15) is 18.3 Å². The Morgan fingerprint density at radius 2 is 1.93 bits per heavy atom. The summed E-state index contributed by atoms with van der Waals surface area (Å²) in [5.74, 6) is -0.418. The van der Waals surface area contributed by atoms with Gasteiger partial charge in [-0.2, -0.15) is 0 Å². The molecule has 0 aliphatic carbocycles. The number of likely N-dealkylation sites (tertiary alicyclic amines) is 1. The van der Waals surface area contributed by atoms with E-state index in [1.165, 1.54) is 18.4 Å². The van der Waals surface area contributed by atoms with Gasteiger partial charge in [0, 0.05) is 56.8 Å². The summed E-state index contributed by atoms with van der Waals surface area (Å²) in [5, 5.41) is 11.0. The van der Waals surface area contributed by atoms with Crippen molar-refractivity contribution >= 4 is 20.9 Å². The van der Waals surface area contributed by atoms with Gasteiger partial charge in [-0.25, -0.2) is 12.7 Å². The number of aryl methyl sites for hydroxylation is 2. The molecule has 1 saturated heterocycles. The van der Waals surface area contributed by atoms with Crippen LogP contribution in [0.5, 0.6) is 0 Å². The van der Waals surface area contributed by atoms with Crippen molar-refractivity contribution in [3.8, 4) is 0 Å². The Morgan fingerprint density at radius 3 is 2.59 bits per heavy atom. The number of nitrogens with one attached hydrogen (secondary N) is 1. The first-order chi connectivity index (χ1) is 12.6. The summed E-state index contributed by atoms with van der Waals surface area (Å²) in [4.78, 5) is 17.8. The van der Waals surface area contributed by atoms with Crippen LogP contribution in [0.15, 0.2) is 23.0 Å². The Hall–Kier alpha value is -1.74. The van der Waals surface area contributed by atoms with Gasteiger partial charge >= 0.3 is 0 Å². The average molecular weight is 394 g/mol. The van der Waals surface area contributed by atoms with Crippen LogP contribution in [-0.4, -0.2) is 66.8 Å². The van der Waals surface area contributed by atoms with Gasteiger partial charge in [0.1, 0.15) is 0 Å². The van der Waals surface area contributed by atoms with E-state index in [2.05, 4.69) is 4.98 Å². The topological polar surface area (TPSA) is 93.7 Å². The molecule has 0 unspecified atom stereocenters. The molecule has 27 heavy (non-hydrogen) atoms. The van der Waals surface area contributed by atoms with Crippen molar-refractivity contribution in [1.29, 1.82) is 0 Å². The largest absolute Gasteiger partial charge is 0.391 e. The molecule has 0 radical (unpaired) electrons. The Bertz CT molecular complexity index is 1010. The maximum absolute atomic E-state index is 12.5. The van der Waals surface area contributed by atoms with Gasteiger partial charge in [-0.3, -0.25) is 9.69 Å². The first-order valence-electron chi connectivity index (χ1n) is 9.00. The number of benzene rings is 1. The minimum absolute atomic E-state index is 0.0305. The molecule has 2 atom stereocenters. The number of H-pyrrole nitrogens is 1. The number of sulfonamides is 1. The second-order valence-corrected chi connectivity index (χ2v) is 9.97. The van der Waals surface area contributed by atoms with Crippen LogP contribution in [0, 0.1) is 19.8 Å². The van der Waals surface area contributed by atoms with Crippen molar-refractivity contribution in [1.82, 2.24) is 14.2 Å². The zero-order chi connectivity index (χ0) is 19.9. The maximum Gasteiger partial charge on any atom is 0.214 e. The molecule has 1 aromatic heterocycles. The Kier molecular flexibility index (Phi) is 5.45. The predicted molar refractivity (Wildman–Crippen MR) is 106 cm³/mol. The first kappa shape index (κ1) is 20.0. The smallest absolute Gasteiger partial charge is 0.214 e. The summed E-state index contributed by atoms with van der Waals surface area (Å²) in [6.45, 7) is 5.26. The predicted octanol–water partition coefficient (Wildman–Crippen LogP) is 0.829. The maximum atomic E-state index is 12.5. The van der Waals surface area contributed by atoms with Crippen molar-refractivity contribution in [3.63, 3.8) is 0 Å². The molecule has 8 heteroatoms. The fourth-order valence-electron chi connectivity index (χ4n) is 3.74. The number of hydrogen-bond donors (Lipinski definition) is 2. The monoisotopic (exact) mass is 393 g/mol. The highest BCUT2D eigenvalue weighted by Gasteiger charge is 2.35. The van der Waals surface area contributed by atoms with Gasteiger partial charge in [0.2, 0.25) is 10.0 Å². The molecule has 148 valence electrons. The number of nitrogens with zero attached hydrogens (tertiary/aromatic N) is 2. The molecular weight excluding hydrogens is 366 g/mol. The third-order valence-corrected chi connectivity index (χ3v) is 7.16. The van der Waals surface area contributed by atoms with E-state index in [-0.39, 0.29) is 17.1 Å². The summed E-state index contributed by atoms with van der Waals surface area (Å²) in [6.07, 6.45) is -0.698. The van der Waals surface area contributed by atoms with E-state index in [1.807, 2.05) is 30.9 Å². The lowest BCUT2D eigenvalue weighted by molar-refractivity contribution is 0.148. The quantitative estimate of drug-likeness (QED) is 0.785. The van der Waals surface area contributed by atoms with Crippen LogP contribution in [0.2, 0.25) is 0 Å². The molecule has 0 bridgehead atoms. The minimum atomic E-state index is -3.37. The zero-order valence-electron chi connectivity index (χ0n) is 16.2. The van der Waals surface area contributed by atoms with E-state index < -0.39 is 16.1 Å². The zero-order valence-corrected chi connectivity index (χ0v) is 17.0. The second-order valence-electron chi connectivity index (χ2n) is 7.75. The normalized spacial score (nSPS) is 21.4. The summed E-state index contributed by atoms with van der Waals surface area (Å²) >= 11 is 0. The first-order valence-corrected chi connectivity index (χ1v) is 10.6. The average Bonchev–Trinajstić information content (AvgIpc) is 2.87. The van der Waals surface area contributed by atoms with Crippen LogP contribution in [0.25, 0.3) is 10.9 Å². The van der Waals surface area contributed by atoms with Gasteiger partial charge in [0.05, 0.1) is 17.4 Å². The lowest BCUT2D eigenvalue weighted by atomic mass is 10.1. The summed E-state index contributed by atoms with van der Waals surface area (Å²) in [5.41, 5.74) is 3.63. The summed E-state index contributed by atoms with van der Waals surface area (Å²) in [7, 11) is -0.371. The van der Waals surface area contributed by atoms with E-state index in [1.54, 1.807) is 6.07 Å². The highest BCUT2D eigenvalue weighted by atomic mass is 32.2. The van der Waals surface area contributed by atoms with Gasteiger partial charge in [0.15, 0.2) is 5.43 Å². The third kappa shape index (κ3) is 4.24. The number of hydrogen-bond acceptors (Lipinski definition) is 5. The number of rotatable bonds is 5. The highest BCUT2D eigenvalue weighted by Crippen LogP contribution is 2.22. The van der Waals surface area contributed by atoms with Crippen molar-refractivity contribution < 1.29 is 13.5 Å². The van der Waals surface area contributed by atoms with Crippen LogP contribution < -0.4 is 5.43 Å². The van der Waals surface area contributed by atoms with Crippen LogP contribution in [0.4, 0.5) is 0 Å². The standard InChI is InChI=1S/C19H27N3O4S/c1-12-5-13(2)19-16(6-12)17(23)7-15(20-19)9-22-8-14(18(24)10-22)11-27(25,26)21(3)4/h5-7,14,18,24H,8-11H2,1-4H3,(H,20,23)/t14-,18+/m0/s1. The van der Waals surface area contributed by atoms with Gasteiger partial charge in [-0.1, -0.05) is 6.07 Å². The molecule has 1 fully saturated rings. The Morgan fingerprint density at radius 1 is 1.22 bits per heavy atom. The van der Waals surface area contributed by atoms with Crippen molar-refractivity contribution in [2.75, 3.05) is 32.9 Å². The van der Waals surface area contributed by atoms with Crippen LogP contribution in [-0.2, 0) is 16.6 Å². The van der Waals surface area contributed by atoms with Crippen molar-refractivity contribution in [2.45, 2.75) is 26.5 Å². The van der Waals surface area contributed by atoms with Crippen LogP contribution in [0.1, 0.15) is 16.8 Å². The number of aliphatic hydroxyl groups is 1. The van der Waals surface area contributed by atoms with Gasteiger partial charge in [-0.15, -0.1) is 0 Å². The molecule has 1 aliphatic rings. The highest BCUT2D eigenvalue weighted by molar-refractivity contribution is 7.89. The van der Waals surface area contributed by atoms with E-state index in [0.29, 0.717) is 25.0 Å². The Balaban J connectivity index is 1.79. The number of aromatic nitrogens is 1. The molecule has 7 nitrogen and oxygen atoms in total. The van der Waals surface area contributed by atoms with E-state index in [4.69, 9.17) is 0 Å². The molecule has 1 aliphatic heterocycles. The molecular formula is C19H27N3O4S. The number of fused-ring (bicyclic) bond motifs is 1. The molecule has 2 heterocycles. The fourth-order valence-corrected chi connectivity index (χ4v) is 4.91. The molecule has 3 rings (SSSR count).